The van der Waals surface area contributed by atoms with E-state index in [1.807, 2.05) is 0 Å². The van der Waals surface area contributed by atoms with Crippen LogP contribution in [0.15, 0.2) is 0 Å². The molecule has 1 amide bonds. The van der Waals surface area contributed by atoms with Crippen molar-refractivity contribution in [3.63, 3.8) is 0 Å². The van der Waals surface area contributed by atoms with Gasteiger partial charge in [0.15, 0.2) is 0 Å². The number of aliphatic hydroxyl groups is 2. The number of amides is 1. The van der Waals surface area contributed by atoms with Gasteiger partial charge >= 0.3 is 5.97 Å². The molecule has 81 heavy (non-hydrogen) atoms. The van der Waals surface area contributed by atoms with Crippen molar-refractivity contribution in [3.05, 3.63) is 0 Å². The zero-order valence-electron chi connectivity index (χ0n) is 55.6. The molecule has 0 aliphatic heterocycles. The number of hydrogen-bond donors (Lipinski definition) is 3. The molecule has 0 spiro atoms. The molecule has 0 radical (unpaired) electrons. The largest absolute Gasteiger partial charge is 0.466 e. The van der Waals surface area contributed by atoms with Gasteiger partial charge in [0.1, 0.15) is 0 Å². The summed E-state index contributed by atoms with van der Waals surface area (Å²) in [6.07, 6.45) is 87.5. The lowest BCUT2D eigenvalue weighted by molar-refractivity contribution is -0.143. The molecule has 0 aliphatic rings. The Morgan fingerprint density at radius 3 is 0.753 bits per heavy atom. The first-order valence-corrected chi connectivity index (χ1v) is 37.8. The first-order valence-electron chi connectivity index (χ1n) is 37.8. The molecule has 3 N–H and O–H groups in total. The fraction of sp³-hybridized carbons (Fsp3) is 0.973. The van der Waals surface area contributed by atoms with E-state index >= 15 is 0 Å². The molecule has 0 bridgehead atoms. The summed E-state index contributed by atoms with van der Waals surface area (Å²) in [5.74, 6) is -0.00236. The Kier molecular flexibility index (Phi) is 70.3. The maximum atomic E-state index is 12.6. The van der Waals surface area contributed by atoms with E-state index in [1.165, 1.54) is 372 Å². The molecule has 0 aromatic rings. The first-order chi connectivity index (χ1) is 40.0. The number of carbonyl (C=O) groups excluding carboxylic acids is 2. The molecule has 0 saturated heterocycles. The van der Waals surface area contributed by atoms with Gasteiger partial charge in [-0.05, 0) is 25.7 Å². The minimum Gasteiger partial charge on any atom is -0.466 e. The fourth-order valence-electron chi connectivity index (χ4n) is 12.4. The van der Waals surface area contributed by atoms with Gasteiger partial charge < -0.3 is 20.3 Å². The summed E-state index contributed by atoms with van der Waals surface area (Å²) in [4.78, 5) is 24.6. The number of hydrogen-bond acceptors (Lipinski definition) is 5. The van der Waals surface area contributed by atoms with E-state index in [-0.39, 0.29) is 18.5 Å². The molecule has 0 aliphatic carbocycles. The summed E-state index contributed by atoms with van der Waals surface area (Å²) in [5.41, 5.74) is 0. The first kappa shape index (κ1) is 79.9. The van der Waals surface area contributed by atoms with Gasteiger partial charge in [0.25, 0.3) is 0 Å². The second-order valence-electron chi connectivity index (χ2n) is 26.4. The molecule has 0 saturated carbocycles. The summed E-state index contributed by atoms with van der Waals surface area (Å²) < 4.78 is 5.50. The predicted molar refractivity (Wildman–Crippen MR) is 357 cm³/mol. The minimum atomic E-state index is -0.662. The number of unbranched alkanes of at least 4 members (excludes halogenated alkanes) is 61. The molecule has 6 nitrogen and oxygen atoms in total. The summed E-state index contributed by atoms with van der Waals surface area (Å²) in [7, 11) is 0. The van der Waals surface area contributed by atoms with Gasteiger partial charge in [0.2, 0.25) is 5.91 Å². The third-order valence-corrected chi connectivity index (χ3v) is 18.2. The van der Waals surface area contributed by atoms with Crippen molar-refractivity contribution in [1.82, 2.24) is 5.32 Å². The lowest BCUT2D eigenvalue weighted by Gasteiger charge is -2.22. The van der Waals surface area contributed by atoms with Gasteiger partial charge in [-0.1, -0.05) is 406 Å². The molecule has 484 valence electrons. The van der Waals surface area contributed by atoms with Crippen LogP contribution < -0.4 is 5.32 Å². The van der Waals surface area contributed by atoms with E-state index in [4.69, 9.17) is 4.74 Å². The van der Waals surface area contributed by atoms with Crippen molar-refractivity contribution < 1.29 is 24.5 Å². The Morgan fingerprint density at radius 1 is 0.296 bits per heavy atom. The van der Waals surface area contributed by atoms with E-state index in [9.17, 15) is 19.8 Å². The molecule has 0 aromatic carbocycles. The van der Waals surface area contributed by atoms with E-state index in [0.717, 1.165) is 38.5 Å². The summed E-state index contributed by atoms with van der Waals surface area (Å²) in [6, 6.07) is -0.539. The van der Waals surface area contributed by atoms with Crippen LogP contribution in [0, 0.1) is 0 Å². The number of esters is 1. The van der Waals surface area contributed by atoms with Crippen LogP contribution in [-0.4, -0.2) is 47.4 Å². The second kappa shape index (κ2) is 71.3. The zero-order chi connectivity index (χ0) is 58.5. The number of carbonyl (C=O) groups is 2. The Hall–Kier alpha value is -1.14. The molecule has 2 atom stereocenters. The standard InChI is InChI=1S/C75H149NO5/c1-3-5-7-9-11-13-15-17-19-20-21-31-34-37-40-43-47-51-55-59-63-67-73(78)72(71-77)76-74(79)68-64-60-56-52-48-44-41-38-35-32-29-27-25-23-22-24-26-28-30-33-36-39-42-46-50-54-58-62-66-70-81-75(80)69-65-61-57-53-49-45-18-16-14-12-10-8-6-4-2/h72-73,77-78H,3-71H2,1-2H3,(H,76,79). The van der Waals surface area contributed by atoms with E-state index in [2.05, 4.69) is 19.2 Å². The molecular formula is C75H149NO5. The van der Waals surface area contributed by atoms with E-state index in [0.29, 0.717) is 25.9 Å². The average molecular weight is 1150 g/mol. The van der Waals surface area contributed by atoms with Crippen LogP contribution in [0.4, 0.5) is 0 Å². The topological polar surface area (TPSA) is 95.9 Å². The highest BCUT2D eigenvalue weighted by molar-refractivity contribution is 5.76. The normalized spacial score (nSPS) is 12.4. The highest BCUT2D eigenvalue weighted by atomic mass is 16.5. The van der Waals surface area contributed by atoms with E-state index in [1.54, 1.807) is 0 Å². The Balaban J connectivity index is 3.33. The van der Waals surface area contributed by atoms with Crippen LogP contribution in [0.1, 0.15) is 444 Å². The van der Waals surface area contributed by atoms with Gasteiger partial charge in [-0.25, -0.2) is 0 Å². The predicted octanol–water partition coefficient (Wildman–Crippen LogP) is 24.5. The number of ether oxygens (including phenoxy) is 1. The smallest absolute Gasteiger partial charge is 0.305 e. The average Bonchev–Trinajstić information content (AvgIpc) is 3.47. The molecule has 0 rings (SSSR count). The van der Waals surface area contributed by atoms with Crippen molar-refractivity contribution in [2.45, 2.75) is 456 Å². The maximum Gasteiger partial charge on any atom is 0.305 e. The van der Waals surface area contributed by atoms with Gasteiger partial charge in [-0.2, -0.15) is 0 Å². The fourth-order valence-corrected chi connectivity index (χ4v) is 12.4. The number of aliphatic hydroxyl groups excluding tert-OH is 2. The van der Waals surface area contributed by atoms with Crippen LogP contribution in [0.5, 0.6) is 0 Å². The summed E-state index contributed by atoms with van der Waals surface area (Å²) in [6.45, 7) is 5.01. The lowest BCUT2D eigenvalue weighted by atomic mass is 10.0. The van der Waals surface area contributed by atoms with Gasteiger partial charge in [0.05, 0.1) is 25.4 Å². The van der Waals surface area contributed by atoms with Crippen LogP contribution in [0.3, 0.4) is 0 Å². The highest BCUT2D eigenvalue weighted by Gasteiger charge is 2.20. The van der Waals surface area contributed by atoms with Crippen molar-refractivity contribution >= 4 is 11.9 Å². The Morgan fingerprint density at radius 2 is 0.506 bits per heavy atom. The van der Waals surface area contributed by atoms with Crippen LogP contribution in [-0.2, 0) is 14.3 Å². The third kappa shape index (κ3) is 67.9. The lowest BCUT2D eigenvalue weighted by Crippen LogP contribution is -2.45. The van der Waals surface area contributed by atoms with Crippen molar-refractivity contribution in [1.29, 1.82) is 0 Å². The molecule has 0 fully saturated rings. The van der Waals surface area contributed by atoms with Gasteiger partial charge in [-0.3, -0.25) is 9.59 Å². The summed E-state index contributed by atoms with van der Waals surface area (Å²) in [5, 5.41) is 23.4. The molecule has 6 heteroatoms. The maximum absolute atomic E-state index is 12.6. The number of nitrogens with one attached hydrogen (secondary N) is 1. The second-order valence-corrected chi connectivity index (χ2v) is 26.4. The van der Waals surface area contributed by atoms with Crippen molar-refractivity contribution in [3.8, 4) is 0 Å². The van der Waals surface area contributed by atoms with E-state index < -0.39 is 12.1 Å². The van der Waals surface area contributed by atoms with Gasteiger partial charge in [-0.15, -0.1) is 0 Å². The third-order valence-electron chi connectivity index (χ3n) is 18.2. The SMILES string of the molecule is CCCCCCCCCCCCCCCCCCCCCCCC(O)C(CO)NC(=O)CCCCCCCCCCCCCCCCCCCCCCCCCCCCCCCOC(=O)CCCCCCCCCCCCCCCC. The van der Waals surface area contributed by atoms with Crippen molar-refractivity contribution in [2.24, 2.45) is 0 Å². The molecule has 2 unspecified atom stereocenters. The highest BCUT2D eigenvalue weighted by Crippen LogP contribution is 2.20. The summed E-state index contributed by atoms with van der Waals surface area (Å²) >= 11 is 0. The van der Waals surface area contributed by atoms with Crippen LogP contribution in [0.2, 0.25) is 0 Å². The zero-order valence-corrected chi connectivity index (χ0v) is 55.6. The van der Waals surface area contributed by atoms with Crippen molar-refractivity contribution in [2.75, 3.05) is 13.2 Å². The molecule has 0 aromatic heterocycles. The number of rotatable bonds is 72. The Labute approximate surface area is 508 Å². The van der Waals surface area contributed by atoms with Crippen LogP contribution in [0.25, 0.3) is 0 Å². The monoisotopic (exact) mass is 1140 g/mol. The van der Waals surface area contributed by atoms with Crippen LogP contribution >= 0.6 is 0 Å². The Bertz CT molecular complexity index is 1180. The molecular weight excluding hydrogens is 995 g/mol. The minimum absolute atomic E-state index is 0.0232. The van der Waals surface area contributed by atoms with Gasteiger partial charge in [0, 0.05) is 12.8 Å². The molecule has 0 heterocycles. The quantitative estimate of drug-likeness (QED) is 0.0417.